The molecule has 1 N–H and O–H groups in total. The van der Waals surface area contributed by atoms with Crippen molar-refractivity contribution in [2.24, 2.45) is 7.05 Å². The Morgan fingerprint density at radius 2 is 1.96 bits per heavy atom. The molecule has 0 amide bonds. The van der Waals surface area contributed by atoms with Gasteiger partial charge in [0.2, 0.25) is 0 Å². The molecular formula is C17H14FN5S. The van der Waals surface area contributed by atoms with Gasteiger partial charge in [-0.2, -0.15) is 5.10 Å². The van der Waals surface area contributed by atoms with Gasteiger partial charge < -0.3 is 5.32 Å². The number of benzene rings is 1. The molecule has 0 bridgehead atoms. The van der Waals surface area contributed by atoms with Crippen LogP contribution in [0.25, 0.3) is 10.2 Å². The zero-order valence-corrected chi connectivity index (χ0v) is 13.7. The molecule has 1 unspecified atom stereocenters. The number of aromatic nitrogens is 4. The molecule has 3 aromatic heterocycles. The summed E-state index contributed by atoms with van der Waals surface area (Å²) in [4.78, 5) is 9.58. The Morgan fingerprint density at radius 3 is 2.71 bits per heavy atom. The Kier molecular flexibility index (Phi) is 3.70. The minimum absolute atomic E-state index is 0.183. The molecule has 1 aromatic carbocycles. The third kappa shape index (κ3) is 2.74. The highest BCUT2D eigenvalue weighted by Crippen LogP contribution is 2.30. The molecule has 0 aliphatic rings. The lowest BCUT2D eigenvalue weighted by Crippen LogP contribution is -2.13. The van der Waals surface area contributed by atoms with E-state index >= 15 is 0 Å². The zero-order chi connectivity index (χ0) is 16.5. The molecule has 3 heterocycles. The number of fused-ring (bicyclic) bond motifs is 1. The molecule has 5 nitrogen and oxygen atoms in total. The first kappa shape index (κ1) is 14.8. The number of nitrogens with zero attached hydrogens (tertiary/aromatic N) is 4. The van der Waals surface area contributed by atoms with E-state index < -0.39 is 0 Å². The quantitative estimate of drug-likeness (QED) is 0.615. The molecule has 0 spiro atoms. The normalized spacial score (nSPS) is 12.4. The highest BCUT2D eigenvalue weighted by Gasteiger charge is 2.18. The predicted molar refractivity (Wildman–Crippen MR) is 92.5 cm³/mol. The number of rotatable bonds is 4. The maximum atomic E-state index is 13.3. The van der Waals surface area contributed by atoms with E-state index in [9.17, 15) is 4.39 Å². The first-order valence-corrected chi connectivity index (χ1v) is 8.27. The Labute approximate surface area is 141 Å². The van der Waals surface area contributed by atoms with Crippen LogP contribution >= 0.6 is 11.3 Å². The third-order valence-corrected chi connectivity index (χ3v) is 4.63. The van der Waals surface area contributed by atoms with Gasteiger partial charge in [-0.15, -0.1) is 11.3 Å². The van der Waals surface area contributed by atoms with Gasteiger partial charge in [0.05, 0.1) is 17.6 Å². The van der Waals surface area contributed by atoms with E-state index in [1.807, 2.05) is 24.7 Å². The van der Waals surface area contributed by atoms with Crippen molar-refractivity contribution in [3.05, 3.63) is 71.4 Å². The molecule has 0 aliphatic carbocycles. The van der Waals surface area contributed by atoms with Crippen LogP contribution in [0.3, 0.4) is 0 Å². The molecular weight excluding hydrogens is 325 g/mol. The monoisotopic (exact) mass is 339 g/mol. The first-order valence-electron chi connectivity index (χ1n) is 7.39. The fraction of sp³-hybridized carbons (Fsp3) is 0.118. The largest absolute Gasteiger partial charge is 0.358 e. The maximum absolute atomic E-state index is 13.3. The van der Waals surface area contributed by atoms with E-state index in [-0.39, 0.29) is 11.9 Å². The van der Waals surface area contributed by atoms with E-state index in [4.69, 9.17) is 0 Å². The topological polar surface area (TPSA) is 55.6 Å². The van der Waals surface area contributed by atoms with Crippen molar-refractivity contribution in [2.45, 2.75) is 6.04 Å². The van der Waals surface area contributed by atoms with E-state index in [0.29, 0.717) is 0 Å². The van der Waals surface area contributed by atoms with Crippen molar-refractivity contribution in [1.82, 2.24) is 19.7 Å². The SMILES string of the molecule is Cn1cc(C(Nc2ncnc3sccc23)c2ccc(F)cc2)cn1. The third-order valence-electron chi connectivity index (χ3n) is 3.80. The summed E-state index contributed by atoms with van der Waals surface area (Å²) in [6, 6.07) is 8.27. The molecule has 1 atom stereocenters. The number of halogens is 1. The van der Waals surface area contributed by atoms with Crippen LogP contribution in [0, 0.1) is 5.82 Å². The highest BCUT2D eigenvalue weighted by molar-refractivity contribution is 7.16. The predicted octanol–water partition coefficient (Wildman–Crippen LogP) is 3.77. The van der Waals surface area contributed by atoms with E-state index in [1.54, 1.807) is 40.7 Å². The second-order valence-corrected chi connectivity index (χ2v) is 6.33. The van der Waals surface area contributed by atoms with Crippen molar-refractivity contribution in [3.63, 3.8) is 0 Å². The molecule has 120 valence electrons. The van der Waals surface area contributed by atoms with Crippen LogP contribution < -0.4 is 5.32 Å². The van der Waals surface area contributed by atoms with Gasteiger partial charge in [-0.05, 0) is 29.1 Å². The summed E-state index contributed by atoms with van der Waals surface area (Å²) in [7, 11) is 1.87. The van der Waals surface area contributed by atoms with Crippen LogP contribution in [-0.2, 0) is 7.05 Å². The summed E-state index contributed by atoms with van der Waals surface area (Å²) in [5.41, 5.74) is 1.91. The van der Waals surface area contributed by atoms with E-state index in [2.05, 4.69) is 20.4 Å². The standard InChI is InChI=1S/C17H14FN5S/c1-23-9-12(8-21-23)15(11-2-4-13(18)5-3-11)22-16-14-6-7-24-17(14)20-10-19-16/h2-10,15H,1H3,(H,19,20,22). The van der Waals surface area contributed by atoms with Crippen molar-refractivity contribution >= 4 is 27.4 Å². The van der Waals surface area contributed by atoms with Crippen LogP contribution in [0.5, 0.6) is 0 Å². The van der Waals surface area contributed by atoms with Gasteiger partial charge in [-0.1, -0.05) is 12.1 Å². The molecule has 24 heavy (non-hydrogen) atoms. The van der Waals surface area contributed by atoms with Crippen LogP contribution in [-0.4, -0.2) is 19.7 Å². The van der Waals surface area contributed by atoms with E-state index in [0.717, 1.165) is 27.2 Å². The van der Waals surface area contributed by atoms with Crippen molar-refractivity contribution < 1.29 is 4.39 Å². The Morgan fingerprint density at radius 1 is 1.12 bits per heavy atom. The van der Waals surface area contributed by atoms with Gasteiger partial charge in [-0.3, -0.25) is 4.68 Å². The highest BCUT2D eigenvalue weighted by atomic mass is 32.1. The summed E-state index contributed by atoms with van der Waals surface area (Å²) in [5, 5.41) is 10.7. The van der Waals surface area contributed by atoms with Gasteiger partial charge in [0.25, 0.3) is 0 Å². The van der Waals surface area contributed by atoms with Crippen LogP contribution in [0.1, 0.15) is 17.2 Å². The average molecular weight is 339 g/mol. The fourth-order valence-corrected chi connectivity index (χ4v) is 3.38. The number of hydrogen-bond acceptors (Lipinski definition) is 5. The zero-order valence-electron chi connectivity index (χ0n) is 12.8. The number of anilines is 1. The fourth-order valence-electron chi connectivity index (χ4n) is 2.65. The average Bonchev–Trinajstić information content (AvgIpc) is 3.23. The van der Waals surface area contributed by atoms with Gasteiger partial charge in [0, 0.05) is 18.8 Å². The molecule has 4 rings (SSSR count). The Balaban J connectivity index is 1.78. The van der Waals surface area contributed by atoms with E-state index in [1.165, 1.54) is 12.1 Å². The molecule has 7 heteroatoms. The van der Waals surface area contributed by atoms with Crippen molar-refractivity contribution in [3.8, 4) is 0 Å². The molecule has 0 saturated carbocycles. The van der Waals surface area contributed by atoms with Crippen molar-refractivity contribution in [2.75, 3.05) is 5.32 Å². The number of aryl methyl sites for hydroxylation is 1. The Hall–Kier alpha value is -2.80. The smallest absolute Gasteiger partial charge is 0.138 e. The minimum atomic E-state index is -0.258. The lowest BCUT2D eigenvalue weighted by atomic mass is 10.0. The number of thiophene rings is 1. The summed E-state index contributed by atoms with van der Waals surface area (Å²) in [5.74, 6) is 0.491. The van der Waals surface area contributed by atoms with Crippen molar-refractivity contribution in [1.29, 1.82) is 0 Å². The first-order chi connectivity index (χ1) is 11.7. The van der Waals surface area contributed by atoms with Gasteiger partial charge in [0.1, 0.15) is 22.8 Å². The lowest BCUT2D eigenvalue weighted by molar-refractivity contribution is 0.626. The van der Waals surface area contributed by atoms with Gasteiger partial charge >= 0.3 is 0 Å². The molecule has 4 aromatic rings. The minimum Gasteiger partial charge on any atom is -0.358 e. The number of nitrogens with one attached hydrogen (secondary N) is 1. The van der Waals surface area contributed by atoms with Gasteiger partial charge in [0.15, 0.2) is 0 Å². The second kappa shape index (κ2) is 6.01. The molecule has 0 aliphatic heterocycles. The summed E-state index contributed by atoms with van der Waals surface area (Å²) >= 11 is 1.57. The number of hydrogen-bond donors (Lipinski definition) is 1. The lowest BCUT2D eigenvalue weighted by Gasteiger charge is -2.19. The van der Waals surface area contributed by atoms with Gasteiger partial charge in [-0.25, -0.2) is 14.4 Å². The van der Waals surface area contributed by atoms with Crippen LogP contribution in [0.4, 0.5) is 10.2 Å². The summed E-state index contributed by atoms with van der Waals surface area (Å²) in [6.45, 7) is 0. The molecule has 0 fully saturated rings. The Bertz CT molecular complexity index is 976. The maximum Gasteiger partial charge on any atom is 0.138 e. The molecule has 0 radical (unpaired) electrons. The summed E-state index contributed by atoms with van der Waals surface area (Å²) < 4.78 is 15.0. The van der Waals surface area contributed by atoms with Crippen LogP contribution in [0.2, 0.25) is 0 Å². The summed E-state index contributed by atoms with van der Waals surface area (Å²) in [6.07, 6.45) is 5.28. The van der Waals surface area contributed by atoms with Crippen LogP contribution in [0.15, 0.2) is 54.4 Å². The second-order valence-electron chi connectivity index (χ2n) is 5.44. The molecule has 0 saturated heterocycles.